The van der Waals surface area contributed by atoms with Gasteiger partial charge in [-0.2, -0.15) is 8.42 Å². The Morgan fingerprint density at radius 2 is 1.78 bits per heavy atom. The van der Waals surface area contributed by atoms with E-state index >= 15 is 0 Å². The molecule has 0 atom stereocenters. The van der Waals surface area contributed by atoms with Crippen LogP contribution < -0.4 is 4.18 Å². The number of hydrogen-bond donors (Lipinski definition) is 0. The molecule has 0 aliphatic rings. The first-order chi connectivity index (χ1) is 12.3. The van der Waals surface area contributed by atoms with Gasteiger partial charge in [0.15, 0.2) is 0 Å². The van der Waals surface area contributed by atoms with Crippen LogP contribution in [0, 0.1) is 6.92 Å². The van der Waals surface area contributed by atoms with Gasteiger partial charge in [-0.15, -0.1) is 0 Å². The molecule has 1 rings (SSSR count). The van der Waals surface area contributed by atoms with Gasteiger partial charge in [0.05, 0.1) is 20.1 Å². The number of carbonyl (C=O) groups excluding carboxylic acids is 2. The summed E-state index contributed by atoms with van der Waals surface area (Å²) in [6, 6.07) is 2.78. The Labute approximate surface area is 158 Å². The summed E-state index contributed by atoms with van der Waals surface area (Å²) in [7, 11) is -4.05. The standard InChI is InChI=1S/C17H23FO8S/c1-11-13(9-24-10-16(20)25-17(2,3)4)6-12(8-15(19)23-5)7-14(11)26-27(18,21)22/h6-7H,8-10H2,1-5H3. The molecule has 27 heavy (non-hydrogen) atoms. The molecule has 0 heterocycles. The smallest absolute Gasteiger partial charge is 0.469 e. The molecule has 8 nitrogen and oxygen atoms in total. The second-order valence-electron chi connectivity index (χ2n) is 6.69. The molecule has 1 aromatic rings. The first-order valence-electron chi connectivity index (χ1n) is 7.93. The van der Waals surface area contributed by atoms with Gasteiger partial charge in [-0.1, -0.05) is 9.95 Å². The van der Waals surface area contributed by atoms with Gasteiger partial charge in [-0.05, 0) is 50.5 Å². The maximum absolute atomic E-state index is 12.9. The monoisotopic (exact) mass is 406 g/mol. The van der Waals surface area contributed by atoms with Gasteiger partial charge in [0, 0.05) is 0 Å². The molecule has 0 saturated heterocycles. The third-order valence-corrected chi connectivity index (χ3v) is 3.57. The van der Waals surface area contributed by atoms with Crippen LogP contribution in [0.5, 0.6) is 5.75 Å². The highest BCUT2D eigenvalue weighted by molar-refractivity contribution is 7.81. The molecule has 10 heteroatoms. The van der Waals surface area contributed by atoms with Crippen LogP contribution in [-0.4, -0.2) is 39.7 Å². The topological polar surface area (TPSA) is 105 Å². The van der Waals surface area contributed by atoms with Crippen molar-refractivity contribution in [2.45, 2.75) is 46.3 Å². The van der Waals surface area contributed by atoms with Crippen LogP contribution in [0.3, 0.4) is 0 Å². The number of methoxy groups -OCH3 is 1. The van der Waals surface area contributed by atoms with E-state index in [0.29, 0.717) is 11.1 Å². The molecule has 0 amide bonds. The van der Waals surface area contributed by atoms with Gasteiger partial charge in [0.25, 0.3) is 0 Å². The molecule has 0 N–H and O–H groups in total. The largest absolute Gasteiger partial charge is 0.488 e. The van der Waals surface area contributed by atoms with Crippen molar-refractivity contribution < 1.29 is 40.3 Å². The quantitative estimate of drug-likeness (QED) is 0.478. The van der Waals surface area contributed by atoms with Crippen molar-refractivity contribution in [2.75, 3.05) is 13.7 Å². The predicted molar refractivity (Wildman–Crippen MR) is 93.1 cm³/mol. The van der Waals surface area contributed by atoms with Gasteiger partial charge in [0.2, 0.25) is 0 Å². The van der Waals surface area contributed by atoms with Gasteiger partial charge in [-0.3, -0.25) is 4.79 Å². The van der Waals surface area contributed by atoms with Crippen molar-refractivity contribution >= 4 is 22.4 Å². The molecule has 0 fully saturated rings. The van der Waals surface area contributed by atoms with E-state index in [1.54, 1.807) is 26.8 Å². The van der Waals surface area contributed by atoms with Crippen LogP contribution in [-0.2, 0) is 47.3 Å². The first-order valence-corrected chi connectivity index (χ1v) is 9.24. The summed E-state index contributed by atoms with van der Waals surface area (Å²) in [6.45, 7) is 6.19. The molecular formula is C17H23FO8S. The first kappa shape index (κ1) is 22.8. The summed E-state index contributed by atoms with van der Waals surface area (Å²) in [5.41, 5.74) is 0.377. The van der Waals surface area contributed by atoms with Crippen LogP contribution in [0.2, 0.25) is 0 Å². The minimum Gasteiger partial charge on any atom is -0.469 e. The summed E-state index contributed by atoms with van der Waals surface area (Å²) >= 11 is 0. The van der Waals surface area contributed by atoms with E-state index in [4.69, 9.17) is 9.47 Å². The maximum Gasteiger partial charge on any atom is 0.488 e. The van der Waals surface area contributed by atoms with Crippen LogP contribution in [0.1, 0.15) is 37.5 Å². The molecule has 0 aromatic heterocycles. The lowest BCUT2D eigenvalue weighted by atomic mass is 10.0. The molecule has 0 unspecified atom stereocenters. The lowest BCUT2D eigenvalue weighted by molar-refractivity contribution is -0.160. The average molecular weight is 406 g/mol. The summed E-state index contributed by atoms with van der Waals surface area (Å²) in [5, 5.41) is 0. The van der Waals surface area contributed by atoms with Crippen molar-refractivity contribution in [2.24, 2.45) is 0 Å². The number of hydrogen-bond acceptors (Lipinski definition) is 8. The molecule has 0 spiro atoms. The molecule has 152 valence electrons. The van der Waals surface area contributed by atoms with Gasteiger partial charge < -0.3 is 18.4 Å². The van der Waals surface area contributed by atoms with Crippen molar-refractivity contribution in [3.05, 3.63) is 28.8 Å². The fraction of sp³-hybridized carbons (Fsp3) is 0.529. The Bertz CT molecular complexity index is 796. The van der Waals surface area contributed by atoms with Crippen LogP contribution in [0.25, 0.3) is 0 Å². The maximum atomic E-state index is 12.9. The molecule has 0 aliphatic carbocycles. The molecule has 1 aromatic carbocycles. The number of ether oxygens (including phenoxy) is 3. The van der Waals surface area contributed by atoms with Crippen molar-refractivity contribution in [3.63, 3.8) is 0 Å². The SMILES string of the molecule is COC(=O)Cc1cc(COCC(=O)OC(C)(C)C)c(C)c(OS(=O)(=O)F)c1. The van der Waals surface area contributed by atoms with Gasteiger partial charge in [-0.25, -0.2) is 4.79 Å². The summed E-state index contributed by atoms with van der Waals surface area (Å²) < 4.78 is 53.8. The minimum atomic E-state index is -5.25. The second kappa shape index (κ2) is 9.14. The van der Waals surface area contributed by atoms with E-state index in [9.17, 15) is 21.9 Å². The van der Waals surface area contributed by atoms with Gasteiger partial charge >= 0.3 is 22.4 Å². The minimum absolute atomic E-state index is 0.108. The van der Waals surface area contributed by atoms with E-state index < -0.39 is 28.0 Å². The predicted octanol–water partition coefficient (Wildman–Crippen LogP) is 2.16. The van der Waals surface area contributed by atoms with Crippen LogP contribution in [0.4, 0.5) is 3.89 Å². The highest BCUT2D eigenvalue weighted by atomic mass is 32.3. The number of benzene rings is 1. The highest BCUT2D eigenvalue weighted by Crippen LogP contribution is 2.27. The Hall–Kier alpha value is -2.20. The molecule has 0 aliphatic heterocycles. The molecule has 0 radical (unpaired) electrons. The fourth-order valence-electron chi connectivity index (χ4n) is 2.11. The Kier molecular flexibility index (Phi) is 7.73. The zero-order valence-electron chi connectivity index (χ0n) is 15.8. The average Bonchev–Trinajstić information content (AvgIpc) is 2.48. The zero-order chi connectivity index (χ0) is 20.8. The van der Waals surface area contributed by atoms with Crippen molar-refractivity contribution in [3.8, 4) is 5.75 Å². The number of rotatable bonds is 8. The molecular weight excluding hydrogens is 383 g/mol. The lowest BCUT2D eigenvalue weighted by Crippen LogP contribution is -2.26. The summed E-state index contributed by atoms with van der Waals surface area (Å²) in [5.74, 6) is -1.43. The lowest BCUT2D eigenvalue weighted by Gasteiger charge is -2.19. The van der Waals surface area contributed by atoms with E-state index in [1.807, 2.05) is 0 Å². The summed E-state index contributed by atoms with van der Waals surface area (Å²) in [6.07, 6.45) is -0.182. The molecule has 0 bridgehead atoms. The second-order valence-corrected chi connectivity index (χ2v) is 7.64. The normalized spacial score (nSPS) is 11.8. The third-order valence-electron chi connectivity index (χ3n) is 3.19. The summed E-state index contributed by atoms with van der Waals surface area (Å²) in [4.78, 5) is 23.1. The van der Waals surface area contributed by atoms with Crippen LogP contribution in [0.15, 0.2) is 12.1 Å². The van der Waals surface area contributed by atoms with Crippen molar-refractivity contribution in [1.29, 1.82) is 0 Å². The highest BCUT2D eigenvalue weighted by Gasteiger charge is 2.19. The van der Waals surface area contributed by atoms with E-state index in [-0.39, 0.29) is 30.9 Å². The van der Waals surface area contributed by atoms with E-state index in [1.165, 1.54) is 20.1 Å². The molecule has 0 saturated carbocycles. The van der Waals surface area contributed by atoms with Gasteiger partial charge in [0.1, 0.15) is 18.0 Å². The Morgan fingerprint density at radius 3 is 2.30 bits per heavy atom. The van der Waals surface area contributed by atoms with Crippen LogP contribution >= 0.6 is 0 Å². The Balaban J connectivity index is 2.99. The number of carbonyl (C=O) groups is 2. The zero-order valence-corrected chi connectivity index (χ0v) is 16.6. The fourth-order valence-corrected chi connectivity index (χ4v) is 2.50. The van der Waals surface area contributed by atoms with Crippen molar-refractivity contribution in [1.82, 2.24) is 0 Å². The Morgan fingerprint density at radius 1 is 1.15 bits per heavy atom. The number of esters is 2. The number of halogens is 1. The third kappa shape index (κ3) is 8.83. The van der Waals surface area contributed by atoms with E-state index in [0.717, 1.165) is 0 Å². The van der Waals surface area contributed by atoms with E-state index in [2.05, 4.69) is 8.92 Å².